The van der Waals surface area contributed by atoms with Crippen molar-refractivity contribution in [3.8, 4) is 12.3 Å². The number of unbranched alkanes of at least 4 members (excludes halogenated alkanes) is 18. The summed E-state index contributed by atoms with van der Waals surface area (Å²) in [6.45, 7) is 4.40. The van der Waals surface area contributed by atoms with Gasteiger partial charge in [0.2, 0.25) is 0 Å². The van der Waals surface area contributed by atoms with Crippen molar-refractivity contribution >= 4 is 11.9 Å². The zero-order valence-corrected chi connectivity index (χ0v) is 29.1. The van der Waals surface area contributed by atoms with Gasteiger partial charge in [-0.3, -0.25) is 4.79 Å². The highest BCUT2D eigenvalue weighted by molar-refractivity contribution is 5.81. The molecule has 0 saturated heterocycles. The molecule has 0 aliphatic carbocycles. The van der Waals surface area contributed by atoms with Gasteiger partial charge >= 0.3 is 17.7 Å². The molecule has 4 unspecified atom stereocenters. The Hall–Kier alpha value is -1.92. The molecular weight excluding hydrogens is 584 g/mol. The lowest BCUT2D eigenvalue weighted by Crippen LogP contribution is -2.45. The smallest absolute Gasteiger partial charge is 0.379 e. The van der Waals surface area contributed by atoms with Crippen molar-refractivity contribution in [2.45, 2.75) is 198 Å². The molecule has 0 rings (SSSR count). The van der Waals surface area contributed by atoms with E-state index >= 15 is 0 Å². The van der Waals surface area contributed by atoms with Crippen molar-refractivity contribution in [1.82, 2.24) is 0 Å². The Balaban J connectivity index is 4.13. The normalized spacial score (nSPS) is 14.5. The summed E-state index contributed by atoms with van der Waals surface area (Å²) in [7, 11) is 0. The second-order valence-electron chi connectivity index (χ2n) is 13.0. The van der Waals surface area contributed by atoms with Crippen molar-refractivity contribution in [1.29, 1.82) is 0 Å². The number of ether oxygens (including phenoxy) is 2. The molecule has 0 heterocycles. The van der Waals surface area contributed by atoms with Crippen LogP contribution in [0.3, 0.4) is 0 Å². The molecule has 4 N–H and O–H groups in total. The lowest BCUT2D eigenvalue weighted by Gasteiger charge is -2.26. The van der Waals surface area contributed by atoms with Crippen molar-refractivity contribution in [2.75, 3.05) is 6.61 Å². The van der Waals surface area contributed by atoms with E-state index in [0.29, 0.717) is 19.3 Å². The van der Waals surface area contributed by atoms with Crippen LogP contribution in [0.1, 0.15) is 174 Å². The van der Waals surface area contributed by atoms with Crippen molar-refractivity contribution in [3.05, 3.63) is 12.7 Å². The average molecular weight is 653 g/mol. The van der Waals surface area contributed by atoms with Gasteiger partial charge in [-0.05, 0) is 44.9 Å². The predicted octanol–water partition coefficient (Wildman–Crippen LogP) is 7.83. The quantitative estimate of drug-likeness (QED) is 0.0185. The van der Waals surface area contributed by atoms with Crippen LogP contribution in [-0.4, -0.2) is 63.1 Å². The summed E-state index contributed by atoms with van der Waals surface area (Å²) in [4.78, 5) is 24.2. The van der Waals surface area contributed by atoms with E-state index in [1.165, 1.54) is 70.6 Å². The zero-order chi connectivity index (χ0) is 34.3. The summed E-state index contributed by atoms with van der Waals surface area (Å²) < 4.78 is 9.99. The van der Waals surface area contributed by atoms with Crippen LogP contribution >= 0.6 is 0 Å². The Labute approximate surface area is 280 Å². The van der Waals surface area contributed by atoms with Crippen molar-refractivity contribution in [2.24, 2.45) is 0 Å². The molecule has 0 bridgehead atoms. The first-order valence-electron chi connectivity index (χ1n) is 18.3. The number of terminal acetylenes is 1. The van der Waals surface area contributed by atoms with E-state index in [-0.39, 0.29) is 19.3 Å². The van der Waals surface area contributed by atoms with Gasteiger partial charge in [-0.2, -0.15) is 0 Å². The topological polar surface area (TPSA) is 134 Å². The van der Waals surface area contributed by atoms with Gasteiger partial charge < -0.3 is 29.9 Å². The van der Waals surface area contributed by atoms with E-state index in [0.717, 1.165) is 64.7 Å². The van der Waals surface area contributed by atoms with E-state index in [4.69, 9.17) is 15.9 Å². The molecule has 0 aromatic rings. The van der Waals surface area contributed by atoms with E-state index in [1.54, 1.807) is 0 Å². The summed E-state index contributed by atoms with van der Waals surface area (Å²) in [6, 6.07) is 0. The highest BCUT2D eigenvalue weighted by atomic mass is 16.7. The molecule has 8 nitrogen and oxygen atoms in total. The number of aliphatic hydroxyl groups excluding tert-OH is 3. The molecule has 0 aliphatic rings. The van der Waals surface area contributed by atoms with E-state index in [1.807, 2.05) is 6.08 Å². The SMILES string of the molecule is C#CCCCCCCCCCCCC(O)CCCC(O)(OC(C)=O)C(=O)OCC(O)CC(O)CCCCCCCCCCCC=C. The van der Waals surface area contributed by atoms with Crippen molar-refractivity contribution in [3.63, 3.8) is 0 Å². The van der Waals surface area contributed by atoms with Crippen LogP contribution in [-0.2, 0) is 19.1 Å². The fourth-order valence-electron chi connectivity index (χ4n) is 5.69. The summed E-state index contributed by atoms with van der Waals surface area (Å²) in [5.74, 6) is -1.82. The molecule has 4 atom stereocenters. The maximum Gasteiger partial charge on any atom is 0.379 e. The predicted molar refractivity (Wildman–Crippen MR) is 185 cm³/mol. The van der Waals surface area contributed by atoms with Gasteiger partial charge in [-0.15, -0.1) is 18.9 Å². The lowest BCUT2D eigenvalue weighted by atomic mass is 10.0. The molecule has 0 aromatic carbocycles. The van der Waals surface area contributed by atoms with Crippen LogP contribution in [0.15, 0.2) is 12.7 Å². The molecule has 0 spiro atoms. The number of hydrogen-bond donors (Lipinski definition) is 4. The van der Waals surface area contributed by atoms with E-state index < -0.39 is 42.6 Å². The number of carbonyl (C=O) groups is 2. The first-order chi connectivity index (χ1) is 22.1. The molecule has 268 valence electrons. The van der Waals surface area contributed by atoms with Crippen LogP contribution in [0, 0.1) is 12.3 Å². The fraction of sp³-hybridized carbons (Fsp3) is 0.842. The number of rotatable bonds is 33. The molecular formula is C38H68O8. The van der Waals surface area contributed by atoms with E-state index in [2.05, 4.69) is 12.5 Å². The molecule has 0 aliphatic heterocycles. The summed E-state index contributed by atoms with van der Waals surface area (Å²) in [6.07, 6.45) is 29.1. The number of carbonyl (C=O) groups excluding carboxylic acids is 2. The minimum Gasteiger partial charge on any atom is -0.458 e. The highest BCUT2D eigenvalue weighted by Gasteiger charge is 2.41. The van der Waals surface area contributed by atoms with Crippen LogP contribution in [0.2, 0.25) is 0 Å². The Kier molecular flexibility index (Phi) is 29.1. The monoisotopic (exact) mass is 652 g/mol. The van der Waals surface area contributed by atoms with E-state index in [9.17, 15) is 30.0 Å². The minimum atomic E-state index is -2.49. The highest BCUT2D eigenvalue weighted by Crippen LogP contribution is 2.22. The Morgan fingerprint density at radius 3 is 1.67 bits per heavy atom. The molecule has 8 heteroatoms. The lowest BCUT2D eigenvalue weighted by molar-refractivity contribution is -0.230. The standard InChI is InChI=1S/C38H68O8/c1-4-6-8-10-12-14-16-18-20-22-24-27-34(40)29-26-30-38(44,46-33(3)39)37(43)45-32-36(42)31-35(41)28-25-23-21-19-17-15-13-11-9-7-5-2/h1,5,34-36,40-42,44H,2,6-32H2,3H3. The van der Waals surface area contributed by atoms with Gasteiger partial charge in [0.25, 0.3) is 0 Å². The van der Waals surface area contributed by atoms with Gasteiger partial charge in [0, 0.05) is 26.2 Å². The molecule has 0 radical (unpaired) electrons. The van der Waals surface area contributed by atoms with Gasteiger partial charge in [-0.1, -0.05) is 109 Å². The number of allylic oxidation sites excluding steroid dienone is 1. The van der Waals surface area contributed by atoms with Gasteiger partial charge in [0.1, 0.15) is 6.61 Å². The molecule has 0 amide bonds. The molecule has 0 fully saturated rings. The third kappa shape index (κ3) is 27.2. The van der Waals surface area contributed by atoms with Crippen molar-refractivity contribution < 1.29 is 39.5 Å². The first-order valence-corrected chi connectivity index (χ1v) is 18.3. The maximum absolute atomic E-state index is 12.6. The van der Waals surface area contributed by atoms with Crippen LogP contribution < -0.4 is 0 Å². The molecule has 0 saturated carbocycles. The average Bonchev–Trinajstić information content (AvgIpc) is 3.00. The number of hydrogen-bond acceptors (Lipinski definition) is 8. The summed E-state index contributed by atoms with van der Waals surface area (Å²) >= 11 is 0. The fourth-order valence-corrected chi connectivity index (χ4v) is 5.69. The number of aliphatic hydroxyl groups is 4. The zero-order valence-electron chi connectivity index (χ0n) is 29.1. The minimum absolute atomic E-state index is 0.0450. The van der Waals surface area contributed by atoms with Gasteiger partial charge in [0.05, 0.1) is 18.3 Å². The Morgan fingerprint density at radius 1 is 0.717 bits per heavy atom. The molecule has 46 heavy (non-hydrogen) atoms. The maximum atomic E-state index is 12.6. The third-order valence-corrected chi connectivity index (χ3v) is 8.44. The van der Waals surface area contributed by atoms with Gasteiger partial charge in [0.15, 0.2) is 0 Å². The Morgan fingerprint density at radius 2 is 1.17 bits per heavy atom. The number of esters is 2. The summed E-state index contributed by atoms with van der Waals surface area (Å²) in [5, 5.41) is 41.7. The first kappa shape index (κ1) is 44.1. The second-order valence-corrected chi connectivity index (χ2v) is 13.0. The van der Waals surface area contributed by atoms with Crippen LogP contribution in [0.25, 0.3) is 0 Å². The Bertz CT molecular complexity index is 794. The second kappa shape index (κ2) is 30.4. The van der Waals surface area contributed by atoms with Crippen LogP contribution in [0.4, 0.5) is 0 Å². The molecule has 0 aromatic heterocycles. The summed E-state index contributed by atoms with van der Waals surface area (Å²) in [5.41, 5.74) is 0. The largest absolute Gasteiger partial charge is 0.458 e. The van der Waals surface area contributed by atoms with Gasteiger partial charge in [-0.25, -0.2) is 4.79 Å². The van der Waals surface area contributed by atoms with Crippen LogP contribution in [0.5, 0.6) is 0 Å². The third-order valence-electron chi connectivity index (χ3n) is 8.44.